The summed E-state index contributed by atoms with van der Waals surface area (Å²) in [6, 6.07) is 7.70. The highest BCUT2D eigenvalue weighted by molar-refractivity contribution is 5.77. The van der Waals surface area contributed by atoms with Crippen molar-refractivity contribution >= 4 is 5.97 Å². The van der Waals surface area contributed by atoms with Crippen LogP contribution < -0.4 is 10.1 Å². The highest BCUT2D eigenvalue weighted by atomic mass is 16.5. The smallest absolute Gasteiger partial charge is 0.313 e. The topological polar surface area (TPSA) is 47.6 Å². The van der Waals surface area contributed by atoms with Gasteiger partial charge in [0, 0.05) is 6.54 Å². The largest absolute Gasteiger partial charge is 0.489 e. The van der Waals surface area contributed by atoms with Crippen molar-refractivity contribution in [2.75, 3.05) is 19.7 Å². The van der Waals surface area contributed by atoms with Gasteiger partial charge in [0.15, 0.2) is 0 Å². The van der Waals surface area contributed by atoms with E-state index in [0.717, 1.165) is 30.8 Å². The summed E-state index contributed by atoms with van der Waals surface area (Å²) in [4.78, 5) is 11.6. The third-order valence-corrected chi connectivity index (χ3v) is 3.34. The zero-order valence-electron chi connectivity index (χ0n) is 11.5. The van der Waals surface area contributed by atoms with Gasteiger partial charge in [-0.05, 0) is 44.5 Å². The first-order chi connectivity index (χ1) is 9.20. The van der Waals surface area contributed by atoms with Crippen molar-refractivity contribution in [3.05, 3.63) is 29.8 Å². The van der Waals surface area contributed by atoms with Crippen LogP contribution in [0.2, 0.25) is 0 Å². The summed E-state index contributed by atoms with van der Waals surface area (Å²) in [5.41, 5.74) is 0.954. The lowest BCUT2D eigenvalue weighted by Crippen LogP contribution is -2.19. The van der Waals surface area contributed by atoms with Crippen LogP contribution in [0, 0.1) is 0 Å². The number of carbonyl (C=O) groups excluding carboxylic acids is 1. The second-order valence-electron chi connectivity index (χ2n) is 4.78. The lowest BCUT2D eigenvalue weighted by molar-refractivity contribution is -0.144. The molecule has 1 heterocycles. The summed E-state index contributed by atoms with van der Waals surface area (Å²) < 4.78 is 10.9. The van der Waals surface area contributed by atoms with E-state index in [1.807, 2.05) is 38.1 Å². The molecule has 4 nitrogen and oxygen atoms in total. The van der Waals surface area contributed by atoms with Gasteiger partial charge < -0.3 is 14.8 Å². The minimum Gasteiger partial charge on any atom is -0.489 e. The Hall–Kier alpha value is -1.55. The quantitative estimate of drug-likeness (QED) is 0.826. The number of hydrogen-bond donors (Lipinski definition) is 1. The van der Waals surface area contributed by atoms with Crippen molar-refractivity contribution in [2.45, 2.75) is 32.3 Å². The van der Waals surface area contributed by atoms with Gasteiger partial charge in [-0.1, -0.05) is 12.1 Å². The highest BCUT2D eigenvalue weighted by Crippen LogP contribution is 2.21. The van der Waals surface area contributed by atoms with E-state index in [4.69, 9.17) is 9.47 Å². The number of benzene rings is 1. The van der Waals surface area contributed by atoms with Gasteiger partial charge in [0.2, 0.25) is 0 Å². The molecule has 0 saturated carbocycles. The third kappa shape index (κ3) is 3.70. The SMILES string of the molecule is CCOC(=O)C(C)c1ccc(O[C@@H]2CCNC2)cc1. The van der Waals surface area contributed by atoms with Crippen LogP contribution in [0.3, 0.4) is 0 Å². The standard InChI is InChI=1S/C15H21NO3/c1-3-18-15(17)11(2)12-4-6-13(7-5-12)19-14-8-9-16-10-14/h4-7,11,14,16H,3,8-10H2,1-2H3/t11?,14-/m1/s1. The monoisotopic (exact) mass is 263 g/mol. The Labute approximate surface area is 114 Å². The van der Waals surface area contributed by atoms with Gasteiger partial charge in [-0.25, -0.2) is 0 Å². The Morgan fingerprint density at radius 3 is 2.74 bits per heavy atom. The van der Waals surface area contributed by atoms with Crippen LogP contribution in [0.1, 0.15) is 31.7 Å². The van der Waals surface area contributed by atoms with Crippen LogP contribution in [0.5, 0.6) is 5.75 Å². The Morgan fingerprint density at radius 1 is 1.42 bits per heavy atom. The molecule has 0 aromatic heterocycles. The minimum atomic E-state index is -0.234. The van der Waals surface area contributed by atoms with Gasteiger partial charge in [-0.15, -0.1) is 0 Å². The fourth-order valence-electron chi connectivity index (χ4n) is 2.16. The molecule has 0 radical (unpaired) electrons. The van der Waals surface area contributed by atoms with Crippen LogP contribution in [0.15, 0.2) is 24.3 Å². The van der Waals surface area contributed by atoms with Crippen LogP contribution in [-0.4, -0.2) is 31.8 Å². The molecule has 1 aromatic carbocycles. The molecule has 1 aliphatic heterocycles. The summed E-state index contributed by atoms with van der Waals surface area (Å²) in [6.07, 6.45) is 1.30. The van der Waals surface area contributed by atoms with E-state index >= 15 is 0 Å². The summed E-state index contributed by atoms with van der Waals surface area (Å²) >= 11 is 0. The summed E-state index contributed by atoms with van der Waals surface area (Å²) in [5, 5.41) is 3.26. The minimum absolute atomic E-state index is 0.184. The van der Waals surface area contributed by atoms with Gasteiger partial charge >= 0.3 is 5.97 Å². The molecule has 1 aromatic rings. The Morgan fingerprint density at radius 2 is 2.16 bits per heavy atom. The van der Waals surface area contributed by atoms with Gasteiger partial charge in [-0.2, -0.15) is 0 Å². The summed E-state index contributed by atoms with van der Waals surface area (Å²) in [5.74, 6) is 0.437. The van der Waals surface area contributed by atoms with E-state index in [-0.39, 0.29) is 18.0 Å². The van der Waals surface area contributed by atoms with Crippen molar-refractivity contribution in [2.24, 2.45) is 0 Å². The molecule has 1 fully saturated rings. The molecule has 1 aliphatic rings. The summed E-state index contributed by atoms with van der Waals surface area (Å²) in [6.45, 7) is 6.01. The molecule has 1 N–H and O–H groups in total. The van der Waals surface area contributed by atoms with Crippen molar-refractivity contribution in [1.29, 1.82) is 0 Å². The van der Waals surface area contributed by atoms with E-state index in [2.05, 4.69) is 5.32 Å². The maximum atomic E-state index is 11.6. The molecule has 2 atom stereocenters. The van der Waals surface area contributed by atoms with E-state index in [1.165, 1.54) is 0 Å². The lowest BCUT2D eigenvalue weighted by atomic mass is 10.0. The van der Waals surface area contributed by atoms with Crippen LogP contribution >= 0.6 is 0 Å². The fourth-order valence-corrected chi connectivity index (χ4v) is 2.16. The zero-order valence-corrected chi connectivity index (χ0v) is 11.5. The Balaban J connectivity index is 1.95. The molecule has 0 spiro atoms. The molecular formula is C15H21NO3. The van der Waals surface area contributed by atoms with Crippen LogP contribution in [-0.2, 0) is 9.53 Å². The van der Waals surface area contributed by atoms with E-state index in [9.17, 15) is 4.79 Å². The van der Waals surface area contributed by atoms with Crippen molar-refractivity contribution in [3.8, 4) is 5.75 Å². The van der Waals surface area contributed by atoms with Gasteiger partial charge in [0.05, 0.1) is 12.5 Å². The highest BCUT2D eigenvalue weighted by Gasteiger charge is 2.18. The average molecular weight is 263 g/mol. The number of nitrogens with one attached hydrogen (secondary N) is 1. The van der Waals surface area contributed by atoms with E-state index < -0.39 is 0 Å². The zero-order chi connectivity index (χ0) is 13.7. The number of rotatable bonds is 5. The number of carbonyl (C=O) groups is 1. The molecule has 0 bridgehead atoms. The van der Waals surface area contributed by atoms with Crippen molar-refractivity contribution in [3.63, 3.8) is 0 Å². The second kappa shape index (κ2) is 6.57. The Kier molecular flexibility index (Phi) is 4.80. The lowest BCUT2D eigenvalue weighted by Gasteiger charge is -2.14. The average Bonchev–Trinajstić information content (AvgIpc) is 2.92. The van der Waals surface area contributed by atoms with Gasteiger partial charge in [0.1, 0.15) is 11.9 Å². The normalized spacial score (nSPS) is 20.0. The first kappa shape index (κ1) is 13.9. The third-order valence-electron chi connectivity index (χ3n) is 3.34. The van der Waals surface area contributed by atoms with Crippen molar-refractivity contribution in [1.82, 2.24) is 5.32 Å². The van der Waals surface area contributed by atoms with Gasteiger partial charge in [-0.3, -0.25) is 4.79 Å². The fraction of sp³-hybridized carbons (Fsp3) is 0.533. The maximum absolute atomic E-state index is 11.6. The molecule has 1 unspecified atom stereocenters. The predicted octanol–water partition coefficient (Wildman–Crippen LogP) is 2.09. The predicted molar refractivity (Wildman–Crippen MR) is 73.4 cm³/mol. The second-order valence-corrected chi connectivity index (χ2v) is 4.78. The number of ether oxygens (including phenoxy) is 2. The van der Waals surface area contributed by atoms with E-state index in [0.29, 0.717) is 6.61 Å². The van der Waals surface area contributed by atoms with Crippen LogP contribution in [0.25, 0.3) is 0 Å². The Bertz CT molecular complexity index is 410. The molecule has 19 heavy (non-hydrogen) atoms. The molecule has 4 heteroatoms. The molecule has 2 rings (SSSR count). The maximum Gasteiger partial charge on any atom is 0.313 e. The molecule has 0 amide bonds. The first-order valence-electron chi connectivity index (χ1n) is 6.84. The van der Waals surface area contributed by atoms with Gasteiger partial charge in [0.25, 0.3) is 0 Å². The number of hydrogen-bond acceptors (Lipinski definition) is 4. The van der Waals surface area contributed by atoms with E-state index in [1.54, 1.807) is 0 Å². The van der Waals surface area contributed by atoms with Crippen molar-refractivity contribution < 1.29 is 14.3 Å². The summed E-state index contributed by atoms with van der Waals surface area (Å²) in [7, 11) is 0. The molecule has 104 valence electrons. The van der Waals surface area contributed by atoms with Crippen LogP contribution in [0.4, 0.5) is 0 Å². The molecule has 1 saturated heterocycles. The molecule has 0 aliphatic carbocycles. The number of esters is 1. The molecular weight excluding hydrogens is 242 g/mol. The first-order valence-corrected chi connectivity index (χ1v) is 6.84.